The zero-order valence-electron chi connectivity index (χ0n) is 8.24. The van der Waals surface area contributed by atoms with Gasteiger partial charge in [-0.05, 0) is 24.3 Å². The van der Waals surface area contributed by atoms with Gasteiger partial charge in [0, 0.05) is 17.0 Å². The molecule has 1 aromatic carbocycles. The predicted octanol–water partition coefficient (Wildman–Crippen LogP) is 2.63. The van der Waals surface area contributed by atoms with Gasteiger partial charge in [0.05, 0.1) is 5.92 Å². The van der Waals surface area contributed by atoms with Crippen molar-refractivity contribution in [3.63, 3.8) is 0 Å². The fourth-order valence-corrected chi connectivity index (χ4v) is 1.25. The average Bonchev–Trinajstić information content (AvgIpc) is 2.18. The molecule has 0 radical (unpaired) electrons. The molecule has 1 rings (SSSR count). The van der Waals surface area contributed by atoms with Crippen LogP contribution in [0, 0.1) is 5.92 Å². The number of rotatable bonds is 4. The van der Waals surface area contributed by atoms with E-state index in [9.17, 15) is 9.59 Å². The van der Waals surface area contributed by atoms with Gasteiger partial charge in [-0.3, -0.25) is 9.59 Å². The first-order valence-corrected chi connectivity index (χ1v) is 4.90. The Morgan fingerprint density at radius 3 is 2.33 bits per heavy atom. The fraction of sp³-hybridized carbons (Fsp3) is 0.273. The maximum Gasteiger partial charge on any atom is 0.306 e. The molecule has 80 valence electrons. The van der Waals surface area contributed by atoms with Crippen molar-refractivity contribution in [2.75, 3.05) is 0 Å². The van der Waals surface area contributed by atoms with Crippen molar-refractivity contribution >= 4 is 23.4 Å². The number of hydrogen-bond acceptors (Lipinski definition) is 2. The zero-order chi connectivity index (χ0) is 11.4. The van der Waals surface area contributed by atoms with E-state index in [1.54, 1.807) is 24.3 Å². The Labute approximate surface area is 92.7 Å². The molecule has 0 saturated heterocycles. The van der Waals surface area contributed by atoms with Crippen molar-refractivity contribution < 1.29 is 14.7 Å². The van der Waals surface area contributed by atoms with Gasteiger partial charge < -0.3 is 5.11 Å². The third-order valence-electron chi connectivity index (χ3n) is 2.08. The molecule has 4 heteroatoms. The van der Waals surface area contributed by atoms with E-state index >= 15 is 0 Å². The quantitative estimate of drug-likeness (QED) is 0.803. The second-order valence-corrected chi connectivity index (χ2v) is 3.81. The van der Waals surface area contributed by atoms with Gasteiger partial charge in [0.1, 0.15) is 0 Å². The highest BCUT2D eigenvalue weighted by atomic mass is 35.5. The Hall–Kier alpha value is -1.35. The van der Waals surface area contributed by atoms with Crippen LogP contribution in [0.4, 0.5) is 0 Å². The van der Waals surface area contributed by atoms with Crippen molar-refractivity contribution in [3.05, 3.63) is 34.9 Å². The van der Waals surface area contributed by atoms with E-state index in [1.807, 2.05) is 0 Å². The monoisotopic (exact) mass is 226 g/mol. The second-order valence-electron chi connectivity index (χ2n) is 3.37. The topological polar surface area (TPSA) is 54.4 Å². The fourth-order valence-electron chi connectivity index (χ4n) is 1.12. The van der Waals surface area contributed by atoms with E-state index in [4.69, 9.17) is 16.7 Å². The van der Waals surface area contributed by atoms with Gasteiger partial charge in [-0.2, -0.15) is 0 Å². The molecule has 0 spiro atoms. The Morgan fingerprint density at radius 1 is 1.33 bits per heavy atom. The molecular weight excluding hydrogens is 216 g/mol. The number of carbonyl (C=O) groups excluding carboxylic acids is 1. The number of benzene rings is 1. The molecule has 1 aromatic rings. The van der Waals surface area contributed by atoms with E-state index in [0.717, 1.165) is 0 Å². The summed E-state index contributed by atoms with van der Waals surface area (Å²) in [4.78, 5) is 22.1. The minimum Gasteiger partial charge on any atom is -0.481 e. The highest BCUT2D eigenvalue weighted by molar-refractivity contribution is 6.30. The minimum atomic E-state index is -0.961. The van der Waals surface area contributed by atoms with Crippen LogP contribution in [0.5, 0.6) is 0 Å². The minimum absolute atomic E-state index is 0.0109. The van der Waals surface area contributed by atoms with Crippen LogP contribution in [-0.4, -0.2) is 16.9 Å². The SMILES string of the molecule is C[C@H](CC(=O)c1ccc(Cl)cc1)C(=O)O. The molecule has 15 heavy (non-hydrogen) atoms. The Balaban J connectivity index is 2.69. The molecule has 0 aliphatic carbocycles. The number of halogens is 1. The van der Waals surface area contributed by atoms with Crippen LogP contribution in [0.1, 0.15) is 23.7 Å². The average molecular weight is 227 g/mol. The van der Waals surface area contributed by atoms with Crippen molar-refractivity contribution in [1.82, 2.24) is 0 Å². The summed E-state index contributed by atoms with van der Waals surface area (Å²) in [6.45, 7) is 1.51. The largest absolute Gasteiger partial charge is 0.481 e. The normalized spacial score (nSPS) is 12.1. The Kier molecular flexibility index (Phi) is 3.86. The second kappa shape index (κ2) is 4.94. The number of ketones is 1. The van der Waals surface area contributed by atoms with Crippen LogP contribution < -0.4 is 0 Å². The van der Waals surface area contributed by atoms with Gasteiger partial charge >= 0.3 is 5.97 Å². The molecule has 1 N–H and O–H groups in total. The molecule has 0 aliphatic rings. The summed E-state index contributed by atoms with van der Waals surface area (Å²) >= 11 is 5.67. The lowest BCUT2D eigenvalue weighted by Crippen LogP contribution is -2.14. The van der Waals surface area contributed by atoms with Gasteiger partial charge in [-0.15, -0.1) is 0 Å². The van der Waals surface area contributed by atoms with Gasteiger partial charge in [0.15, 0.2) is 5.78 Å². The molecule has 0 aliphatic heterocycles. The van der Waals surface area contributed by atoms with Crippen LogP contribution >= 0.6 is 11.6 Å². The number of carboxylic acids is 1. The van der Waals surface area contributed by atoms with E-state index in [-0.39, 0.29) is 12.2 Å². The summed E-state index contributed by atoms with van der Waals surface area (Å²) < 4.78 is 0. The summed E-state index contributed by atoms with van der Waals surface area (Å²) in [6.07, 6.45) is 0.0109. The Bertz CT molecular complexity index is 370. The smallest absolute Gasteiger partial charge is 0.306 e. The van der Waals surface area contributed by atoms with E-state index in [2.05, 4.69) is 0 Å². The van der Waals surface area contributed by atoms with Crippen LogP contribution in [0.15, 0.2) is 24.3 Å². The van der Waals surface area contributed by atoms with Crippen LogP contribution in [0.2, 0.25) is 5.02 Å². The molecule has 0 amide bonds. The standard InChI is InChI=1S/C11H11ClO3/c1-7(11(14)15)6-10(13)8-2-4-9(12)5-3-8/h2-5,7H,6H2,1H3,(H,14,15)/t7-/m1/s1. The van der Waals surface area contributed by atoms with Gasteiger partial charge in [0.25, 0.3) is 0 Å². The molecule has 1 atom stereocenters. The maximum absolute atomic E-state index is 11.6. The van der Waals surface area contributed by atoms with E-state index in [1.165, 1.54) is 6.92 Å². The summed E-state index contributed by atoms with van der Waals surface area (Å²) in [7, 11) is 0. The molecular formula is C11H11ClO3. The number of Topliss-reactive ketones (excluding diaryl/α,β-unsaturated/α-hetero) is 1. The van der Waals surface area contributed by atoms with Crippen molar-refractivity contribution in [1.29, 1.82) is 0 Å². The van der Waals surface area contributed by atoms with E-state index < -0.39 is 11.9 Å². The van der Waals surface area contributed by atoms with Gasteiger partial charge in [-0.25, -0.2) is 0 Å². The first kappa shape index (κ1) is 11.7. The molecule has 3 nitrogen and oxygen atoms in total. The molecule has 0 heterocycles. The lowest BCUT2D eigenvalue weighted by Gasteiger charge is -2.04. The van der Waals surface area contributed by atoms with E-state index in [0.29, 0.717) is 10.6 Å². The lowest BCUT2D eigenvalue weighted by atomic mass is 10.00. The van der Waals surface area contributed by atoms with Crippen LogP contribution in [-0.2, 0) is 4.79 Å². The summed E-state index contributed by atoms with van der Waals surface area (Å²) in [5.74, 6) is -1.80. The molecule has 0 unspecified atom stereocenters. The first-order valence-electron chi connectivity index (χ1n) is 4.52. The number of aliphatic carboxylic acids is 1. The molecule has 0 saturated carbocycles. The molecule has 0 fully saturated rings. The molecule has 0 aromatic heterocycles. The Morgan fingerprint density at radius 2 is 1.87 bits per heavy atom. The predicted molar refractivity (Wildman–Crippen MR) is 57.2 cm³/mol. The summed E-state index contributed by atoms with van der Waals surface area (Å²) in [5.41, 5.74) is 0.493. The van der Waals surface area contributed by atoms with Crippen molar-refractivity contribution in [2.45, 2.75) is 13.3 Å². The first-order chi connectivity index (χ1) is 7.00. The lowest BCUT2D eigenvalue weighted by molar-refractivity contribution is -0.141. The third-order valence-corrected chi connectivity index (χ3v) is 2.33. The highest BCUT2D eigenvalue weighted by Crippen LogP contribution is 2.13. The van der Waals surface area contributed by atoms with Crippen LogP contribution in [0.3, 0.4) is 0 Å². The van der Waals surface area contributed by atoms with Crippen molar-refractivity contribution in [2.24, 2.45) is 5.92 Å². The summed E-state index contributed by atoms with van der Waals surface area (Å²) in [6, 6.07) is 6.42. The maximum atomic E-state index is 11.6. The third kappa shape index (κ3) is 3.36. The summed E-state index contributed by atoms with van der Waals surface area (Å²) in [5, 5.41) is 9.20. The number of hydrogen-bond donors (Lipinski definition) is 1. The molecule has 0 bridgehead atoms. The van der Waals surface area contributed by atoms with Crippen LogP contribution in [0.25, 0.3) is 0 Å². The van der Waals surface area contributed by atoms with Gasteiger partial charge in [0.2, 0.25) is 0 Å². The van der Waals surface area contributed by atoms with Crippen molar-refractivity contribution in [3.8, 4) is 0 Å². The zero-order valence-corrected chi connectivity index (χ0v) is 8.99. The highest BCUT2D eigenvalue weighted by Gasteiger charge is 2.16. The number of carbonyl (C=O) groups is 2. The van der Waals surface area contributed by atoms with Gasteiger partial charge in [-0.1, -0.05) is 18.5 Å². The number of carboxylic acid groups (broad SMARTS) is 1.